The van der Waals surface area contributed by atoms with Gasteiger partial charge in [-0.15, -0.1) is 11.3 Å². The van der Waals surface area contributed by atoms with E-state index in [2.05, 4.69) is 16.4 Å². The fourth-order valence-electron chi connectivity index (χ4n) is 2.38. The Labute approximate surface area is 140 Å². The zero-order valence-corrected chi connectivity index (χ0v) is 14.2. The number of para-hydroxylation sites is 1. The Bertz CT molecular complexity index is 702. The summed E-state index contributed by atoms with van der Waals surface area (Å²) in [4.78, 5) is 4.63. The molecule has 0 bridgehead atoms. The molecule has 4 nitrogen and oxygen atoms in total. The molecule has 0 amide bonds. The first-order valence-corrected chi connectivity index (χ1v) is 8.91. The highest BCUT2D eigenvalue weighted by molar-refractivity contribution is 7.21. The molecule has 0 unspecified atom stereocenters. The first kappa shape index (κ1) is 16.2. The molecular weight excluding hydrogens is 308 g/mol. The number of hydrogen-bond acceptors (Lipinski definition) is 5. The van der Waals surface area contributed by atoms with Crippen LogP contribution in [0.1, 0.15) is 25.5 Å². The van der Waals surface area contributed by atoms with E-state index < -0.39 is 0 Å². The molecule has 5 heteroatoms. The molecular formula is C18H22N2O2S. The largest absolute Gasteiger partial charge is 0.457 e. The van der Waals surface area contributed by atoms with E-state index in [0.717, 1.165) is 61.2 Å². The van der Waals surface area contributed by atoms with Crippen molar-refractivity contribution < 1.29 is 9.15 Å². The van der Waals surface area contributed by atoms with Gasteiger partial charge in [0.25, 0.3) is 0 Å². The summed E-state index contributed by atoms with van der Waals surface area (Å²) in [6.07, 6.45) is 2.21. The number of nitrogens with one attached hydrogen (secondary N) is 1. The SMILES string of the molecule is CCOCCCCNCc1ccc(-c2nc3ccccc3s2)o1. The van der Waals surface area contributed by atoms with Crippen LogP contribution in [-0.4, -0.2) is 24.7 Å². The van der Waals surface area contributed by atoms with Gasteiger partial charge in [0.2, 0.25) is 0 Å². The molecule has 0 radical (unpaired) electrons. The quantitative estimate of drug-likeness (QED) is 0.588. The van der Waals surface area contributed by atoms with Crippen LogP contribution < -0.4 is 5.32 Å². The molecule has 0 spiro atoms. The van der Waals surface area contributed by atoms with Gasteiger partial charge in [-0.2, -0.15) is 0 Å². The second-order valence-electron chi connectivity index (χ2n) is 5.33. The molecule has 0 aliphatic heterocycles. The van der Waals surface area contributed by atoms with Gasteiger partial charge in [-0.25, -0.2) is 4.98 Å². The fourth-order valence-corrected chi connectivity index (χ4v) is 3.30. The lowest BCUT2D eigenvalue weighted by Crippen LogP contribution is -2.14. The van der Waals surface area contributed by atoms with Gasteiger partial charge in [0.05, 0.1) is 16.8 Å². The van der Waals surface area contributed by atoms with Gasteiger partial charge in [-0.3, -0.25) is 0 Å². The molecule has 3 aromatic rings. The maximum atomic E-state index is 5.91. The van der Waals surface area contributed by atoms with Crippen molar-refractivity contribution in [2.75, 3.05) is 19.8 Å². The van der Waals surface area contributed by atoms with Gasteiger partial charge in [-0.1, -0.05) is 12.1 Å². The van der Waals surface area contributed by atoms with Crippen LogP contribution in [0.2, 0.25) is 0 Å². The maximum absolute atomic E-state index is 5.91. The number of hydrogen-bond donors (Lipinski definition) is 1. The zero-order valence-electron chi connectivity index (χ0n) is 13.4. The van der Waals surface area contributed by atoms with Gasteiger partial charge in [0, 0.05) is 13.2 Å². The molecule has 0 aliphatic rings. The maximum Gasteiger partial charge on any atom is 0.163 e. The number of aromatic nitrogens is 1. The van der Waals surface area contributed by atoms with Crippen LogP contribution in [0.25, 0.3) is 21.0 Å². The van der Waals surface area contributed by atoms with Crippen molar-refractivity contribution in [3.05, 3.63) is 42.2 Å². The Balaban J connectivity index is 1.50. The van der Waals surface area contributed by atoms with Crippen molar-refractivity contribution in [3.63, 3.8) is 0 Å². The zero-order chi connectivity index (χ0) is 15.9. The molecule has 122 valence electrons. The number of nitrogens with zero attached hydrogens (tertiary/aromatic N) is 1. The Morgan fingerprint density at radius 1 is 1.17 bits per heavy atom. The summed E-state index contributed by atoms with van der Waals surface area (Å²) in [5.74, 6) is 1.79. The second-order valence-corrected chi connectivity index (χ2v) is 6.36. The average molecular weight is 330 g/mol. The minimum absolute atomic E-state index is 0.750. The number of benzene rings is 1. The molecule has 2 heterocycles. The second kappa shape index (κ2) is 8.24. The molecule has 2 aromatic heterocycles. The monoisotopic (exact) mass is 330 g/mol. The van der Waals surface area contributed by atoms with Crippen LogP contribution in [0.5, 0.6) is 0 Å². The van der Waals surface area contributed by atoms with E-state index in [4.69, 9.17) is 9.15 Å². The van der Waals surface area contributed by atoms with Crippen LogP contribution in [0.15, 0.2) is 40.8 Å². The molecule has 0 fully saturated rings. The van der Waals surface area contributed by atoms with Gasteiger partial charge in [0.1, 0.15) is 5.76 Å². The van der Waals surface area contributed by atoms with E-state index in [1.54, 1.807) is 11.3 Å². The summed E-state index contributed by atoms with van der Waals surface area (Å²) < 4.78 is 12.4. The van der Waals surface area contributed by atoms with Crippen molar-refractivity contribution in [2.45, 2.75) is 26.3 Å². The highest BCUT2D eigenvalue weighted by atomic mass is 32.1. The first-order valence-electron chi connectivity index (χ1n) is 8.10. The van der Waals surface area contributed by atoms with Crippen LogP contribution in [0.4, 0.5) is 0 Å². The number of fused-ring (bicyclic) bond motifs is 1. The third kappa shape index (κ3) is 4.41. The summed E-state index contributed by atoms with van der Waals surface area (Å²) >= 11 is 1.66. The minimum atomic E-state index is 0.750. The number of unbranched alkanes of at least 4 members (excludes halogenated alkanes) is 1. The number of thiazole rings is 1. The molecule has 0 saturated heterocycles. The molecule has 0 aliphatic carbocycles. The highest BCUT2D eigenvalue weighted by Gasteiger charge is 2.10. The number of ether oxygens (including phenoxy) is 1. The molecule has 23 heavy (non-hydrogen) atoms. The van der Waals surface area contributed by atoms with Crippen molar-refractivity contribution in [1.82, 2.24) is 10.3 Å². The average Bonchev–Trinajstić information content (AvgIpc) is 3.20. The summed E-state index contributed by atoms with van der Waals surface area (Å²) in [6.45, 7) is 5.40. The molecule has 0 saturated carbocycles. The third-order valence-corrected chi connectivity index (χ3v) is 4.61. The lowest BCUT2D eigenvalue weighted by molar-refractivity contribution is 0.143. The van der Waals surface area contributed by atoms with Gasteiger partial charge < -0.3 is 14.5 Å². The van der Waals surface area contributed by atoms with Crippen LogP contribution >= 0.6 is 11.3 Å². The molecule has 1 aromatic carbocycles. The summed E-state index contributed by atoms with van der Waals surface area (Å²) in [6, 6.07) is 12.2. The molecule has 1 N–H and O–H groups in total. The van der Waals surface area contributed by atoms with Gasteiger partial charge in [0.15, 0.2) is 10.8 Å². The lowest BCUT2D eigenvalue weighted by atomic mass is 10.3. The van der Waals surface area contributed by atoms with Crippen molar-refractivity contribution in [2.24, 2.45) is 0 Å². The first-order chi connectivity index (χ1) is 11.4. The van der Waals surface area contributed by atoms with E-state index in [9.17, 15) is 0 Å². The smallest absolute Gasteiger partial charge is 0.163 e. The van der Waals surface area contributed by atoms with Crippen LogP contribution in [0, 0.1) is 0 Å². The lowest BCUT2D eigenvalue weighted by Gasteiger charge is -2.03. The van der Waals surface area contributed by atoms with E-state index in [-0.39, 0.29) is 0 Å². The van der Waals surface area contributed by atoms with Gasteiger partial charge in [-0.05, 0) is 50.6 Å². The van der Waals surface area contributed by atoms with Crippen LogP contribution in [-0.2, 0) is 11.3 Å². The Kier molecular flexibility index (Phi) is 5.80. The topological polar surface area (TPSA) is 47.3 Å². The van der Waals surface area contributed by atoms with E-state index in [1.807, 2.05) is 37.3 Å². The van der Waals surface area contributed by atoms with E-state index in [1.165, 1.54) is 4.70 Å². The van der Waals surface area contributed by atoms with E-state index >= 15 is 0 Å². The van der Waals surface area contributed by atoms with Crippen molar-refractivity contribution in [3.8, 4) is 10.8 Å². The normalized spacial score (nSPS) is 11.3. The highest BCUT2D eigenvalue weighted by Crippen LogP contribution is 2.30. The Morgan fingerprint density at radius 3 is 2.96 bits per heavy atom. The summed E-state index contributed by atoms with van der Waals surface area (Å²) in [7, 11) is 0. The van der Waals surface area contributed by atoms with Gasteiger partial charge >= 0.3 is 0 Å². The summed E-state index contributed by atoms with van der Waals surface area (Å²) in [5, 5.41) is 4.34. The Hall–Kier alpha value is -1.69. The van der Waals surface area contributed by atoms with Crippen molar-refractivity contribution >= 4 is 21.6 Å². The standard InChI is InChI=1S/C18H22N2O2S/c1-2-21-12-6-5-11-19-13-14-9-10-16(22-14)18-20-15-7-3-4-8-17(15)23-18/h3-4,7-10,19H,2,5-6,11-13H2,1H3. The van der Waals surface area contributed by atoms with Crippen LogP contribution in [0.3, 0.4) is 0 Å². The minimum Gasteiger partial charge on any atom is -0.457 e. The third-order valence-electron chi connectivity index (χ3n) is 3.56. The molecule has 3 rings (SSSR count). The van der Waals surface area contributed by atoms with Crippen molar-refractivity contribution in [1.29, 1.82) is 0 Å². The summed E-state index contributed by atoms with van der Waals surface area (Å²) in [5.41, 5.74) is 1.03. The Morgan fingerprint density at radius 2 is 2.09 bits per heavy atom. The predicted molar refractivity (Wildman–Crippen MR) is 94.8 cm³/mol. The predicted octanol–water partition coefficient (Wildman–Crippen LogP) is 4.46. The fraction of sp³-hybridized carbons (Fsp3) is 0.389. The number of furan rings is 1. The number of rotatable bonds is 9. The molecule has 0 atom stereocenters. The van der Waals surface area contributed by atoms with E-state index in [0.29, 0.717) is 0 Å².